The molecule has 0 radical (unpaired) electrons. The largest absolute Gasteiger partial charge is 0.476 e. The quantitative estimate of drug-likeness (QED) is 0.315. The lowest BCUT2D eigenvalue weighted by atomic mass is 10.0. The van der Waals surface area contributed by atoms with Gasteiger partial charge < -0.3 is 15.3 Å². The Kier molecular flexibility index (Phi) is 6.79. The molecule has 3 aromatic heterocycles. The SMILES string of the molecule is Cc1cc([C@@H](C)Nc2ccc(Cl)nc2C(=O)O)c2nc(-c3ccc(C(=O)N4CC(F)(F)C4)cc3)c(C)c(=O)n2c1. The summed E-state index contributed by atoms with van der Waals surface area (Å²) in [6.45, 7) is 4.08. The van der Waals surface area contributed by atoms with Gasteiger partial charge in [0.1, 0.15) is 10.8 Å². The fourth-order valence-corrected chi connectivity index (χ4v) is 4.88. The maximum Gasteiger partial charge on any atom is 0.356 e. The first-order valence-electron chi connectivity index (χ1n) is 12.3. The smallest absolute Gasteiger partial charge is 0.356 e. The molecule has 0 unspecified atom stereocenters. The van der Waals surface area contributed by atoms with Gasteiger partial charge in [-0.2, -0.15) is 0 Å². The zero-order chi connectivity index (χ0) is 28.9. The van der Waals surface area contributed by atoms with Crippen LogP contribution in [0.1, 0.15) is 50.5 Å². The number of carbonyl (C=O) groups excluding carboxylic acids is 1. The summed E-state index contributed by atoms with van der Waals surface area (Å²) in [6, 6.07) is 10.7. The first kappa shape index (κ1) is 27.2. The van der Waals surface area contributed by atoms with Gasteiger partial charge in [-0.25, -0.2) is 23.5 Å². The molecule has 5 rings (SSSR count). The summed E-state index contributed by atoms with van der Waals surface area (Å²) >= 11 is 5.88. The molecule has 0 aliphatic carbocycles. The fraction of sp³-hybridized carbons (Fsp3) is 0.250. The molecule has 40 heavy (non-hydrogen) atoms. The maximum atomic E-state index is 13.4. The lowest BCUT2D eigenvalue weighted by Crippen LogP contribution is -2.58. The van der Waals surface area contributed by atoms with Crippen LogP contribution in [0.3, 0.4) is 0 Å². The van der Waals surface area contributed by atoms with E-state index in [1.807, 2.05) is 13.0 Å². The molecule has 206 valence electrons. The van der Waals surface area contributed by atoms with Gasteiger partial charge in [-0.1, -0.05) is 23.7 Å². The van der Waals surface area contributed by atoms with E-state index in [2.05, 4.69) is 10.3 Å². The topological polar surface area (TPSA) is 117 Å². The van der Waals surface area contributed by atoms with E-state index in [0.717, 1.165) is 10.5 Å². The van der Waals surface area contributed by atoms with Gasteiger partial charge in [-0.15, -0.1) is 0 Å². The molecule has 1 aliphatic heterocycles. The lowest BCUT2D eigenvalue weighted by Gasteiger charge is -2.38. The normalized spacial score (nSPS) is 15.0. The summed E-state index contributed by atoms with van der Waals surface area (Å²) in [4.78, 5) is 47.4. The van der Waals surface area contributed by atoms with Gasteiger partial charge in [-0.05, 0) is 56.7 Å². The Morgan fingerprint density at radius 2 is 1.77 bits per heavy atom. The Morgan fingerprint density at radius 3 is 2.40 bits per heavy atom. The van der Waals surface area contributed by atoms with Crippen LogP contribution in [0.15, 0.2) is 53.5 Å². The van der Waals surface area contributed by atoms with Gasteiger partial charge >= 0.3 is 5.97 Å². The van der Waals surface area contributed by atoms with Gasteiger partial charge in [0, 0.05) is 28.5 Å². The van der Waals surface area contributed by atoms with Crippen molar-refractivity contribution in [1.82, 2.24) is 19.3 Å². The molecule has 4 aromatic rings. The van der Waals surface area contributed by atoms with E-state index in [1.54, 1.807) is 32.2 Å². The van der Waals surface area contributed by atoms with Crippen molar-refractivity contribution in [3.63, 3.8) is 0 Å². The van der Waals surface area contributed by atoms with Crippen molar-refractivity contribution < 1.29 is 23.5 Å². The molecule has 1 aliphatic rings. The number of aromatic nitrogens is 3. The molecule has 12 heteroatoms. The predicted octanol–water partition coefficient (Wildman–Crippen LogP) is 4.99. The van der Waals surface area contributed by atoms with Crippen LogP contribution in [0.25, 0.3) is 16.9 Å². The molecule has 0 saturated carbocycles. The number of carbonyl (C=O) groups is 2. The zero-order valence-corrected chi connectivity index (χ0v) is 22.5. The standard InChI is InChI=1S/C28H24ClF2N5O4/c1-14-10-19(16(3)32-20-8-9-21(29)33-23(20)27(39)40)24-34-22(15(2)25(37)36(24)11-14)17-4-6-18(7-5-17)26(38)35-12-28(30,31)13-35/h4-11,16,32H,12-13H2,1-3H3,(H,39,40)/t16-/m1/s1. The summed E-state index contributed by atoms with van der Waals surface area (Å²) in [5.74, 6) is -4.59. The number of benzene rings is 1. The molecule has 1 fully saturated rings. The highest BCUT2D eigenvalue weighted by Gasteiger charge is 2.46. The highest BCUT2D eigenvalue weighted by Crippen LogP contribution is 2.30. The van der Waals surface area contributed by atoms with E-state index in [4.69, 9.17) is 16.6 Å². The van der Waals surface area contributed by atoms with Gasteiger partial charge in [-0.3, -0.25) is 14.0 Å². The number of alkyl halides is 2. The number of halogens is 3. The molecule has 2 N–H and O–H groups in total. The van der Waals surface area contributed by atoms with Gasteiger partial charge in [0.05, 0.1) is 30.5 Å². The lowest BCUT2D eigenvalue weighted by molar-refractivity contribution is -0.113. The summed E-state index contributed by atoms with van der Waals surface area (Å²) < 4.78 is 27.8. The highest BCUT2D eigenvalue weighted by molar-refractivity contribution is 6.29. The number of fused-ring (bicyclic) bond motifs is 1. The number of hydrogen-bond donors (Lipinski definition) is 2. The summed E-state index contributed by atoms with van der Waals surface area (Å²) in [5.41, 5.74) is 3.11. The number of carboxylic acid groups (broad SMARTS) is 1. The average molecular weight is 568 g/mol. The predicted molar refractivity (Wildman–Crippen MR) is 145 cm³/mol. The Balaban J connectivity index is 1.54. The van der Waals surface area contributed by atoms with E-state index < -0.39 is 36.9 Å². The van der Waals surface area contributed by atoms with E-state index in [0.29, 0.717) is 28.0 Å². The van der Waals surface area contributed by atoms with E-state index in [-0.39, 0.29) is 27.7 Å². The molecular weight excluding hydrogens is 544 g/mol. The third kappa shape index (κ3) is 5.00. The van der Waals surface area contributed by atoms with E-state index >= 15 is 0 Å². The number of likely N-dealkylation sites (tertiary alicyclic amines) is 1. The first-order chi connectivity index (χ1) is 18.8. The Bertz CT molecular complexity index is 1730. The minimum Gasteiger partial charge on any atom is -0.476 e. The number of carboxylic acids is 1. The monoisotopic (exact) mass is 567 g/mol. The minimum atomic E-state index is -2.86. The van der Waals surface area contributed by atoms with Gasteiger partial charge in [0.25, 0.3) is 17.4 Å². The van der Waals surface area contributed by atoms with Gasteiger partial charge in [0.2, 0.25) is 0 Å². The summed E-state index contributed by atoms with van der Waals surface area (Å²) in [7, 11) is 0. The first-order valence-corrected chi connectivity index (χ1v) is 12.7. The number of nitrogens with one attached hydrogen (secondary N) is 1. The van der Waals surface area contributed by atoms with Crippen molar-refractivity contribution >= 4 is 34.8 Å². The number of aryl methyl sites for hydroxylation is 1. The van der Waals surface area contributed by atoms with Crippen LogP contribution in [-0.2, 0) is 0 Å². The minimum absolute atomic E-state index is 0.0421. The Hall–Kier alpha value is -4.38. The van der Waals surface area contributed by atoms with Crippen molar-refractivity contribution in [1.29, 1.82) is 0 Å². The molecule has 1 aromatic carbocycles. The van der Waals surface area contributed by atoms with E-state index in [9.17, 15) is 28.3 Å². The number of anilines is 1. The number of amides is 1. The van der Waals surface area contributed by atoms with Crippen molar-refractivity contribution in [2.75, 3.05) is 18.4 Å². The summed E-state index contributed by atoms with van der Waals surface area (Å²) in [6.07, 6.45) is 1.68. The third-order valence-electron chi connectivity index (χ3n) is 6.75. The van der Waals surface area contributed by atoms with Crippen LogP contribution in [-0.4, -0.2) is 55.3 Å². The number of pyridine rings is 2. The van der Waals surface area contributed by atoms with Crippen LogP contribution < -0.4 is 10.9 Å². The fourth-order valence-electron chi connectivity index (χ4n) is 4.73. The van der Waals surface area contributed by atoms with Crippen molar-refractivity contribution in [3.05, 3.63) is 92.1 Å². The zero-order valence-electron chi connectivity index (χ0n) is 21.7. The number of hydrogen-bond acceptors (Lipinski definition) is 6. The van der Waals surface area contributed by atoms with Crippen LogP contribution in [0.4, 0.5) is 14.5 Å². The molecule has 4 heterocycles. The van der Waals surface area contributed by atoms with Crippen LogP contribution >= 0.6 is 11.6 Å². The van der Waals surface area contributed by atoms with Crippen molar-refractivity contribution in [2.45, 2.75) is 32.7 Å². The van der Waals surface area contributed by atoms with Crippen LogP contribution in [0, 0.1) is 13.8 Å². The van der Waals surface area contributed by atoms with Crippen molar-refractivity contribution in [2.24, 2.45) is 0 Å². The number of rotatable bonds is 6. The molecule has 0 spiro atoms. The Morgan fingerprint density at radius 1 is 1.10 bits per heavy atom. The second-order valence-corrected chi connectivity index (χ2v) is 10.2. The van der Waals surface area contributed by atoms with Gasteiger partial charge in [0.15, 0.2) is 5.69 Å². The maximum absolute atomic E-state index is 13.4. The Labute approximate surface area is 232 Å². The second kappa shape index (κ2) is 9.98. The van der Waals surface area contributed by atoms with Crippen LogP contribution in [0.2, 0.25) is 5.15 Å². The summed E-state index contributed by atoms with van der Waals surface area (Å²) in [5, 5.41) is 12.8. The average Bonchev–Trinajstić information content (AvgIpc) is 2.89. The molecule has 9 nitrogen and oxygen atoms in total. The second-order valence-electron chi connectivity index (χ2n) is 9.85. The number of nitrogens with zero attached hydrogens (tertiary/aromatic N) is 4. The molecule has 1 atom stereocenters. The highest BCUT2D eigenvalue weighted by atomic mass is 35.5. The van der Waals surface area contributed by atoms with Crippen molar-refractivity contribution in [3.8, 4) is 11.3 Å². The molecule has 1 amide bonds. The molecule has 0 bridgehead atoms. The van der Waals surface area contributed by atoms with Crippen LogP contribution in [0.5, 0.6) is 0 Å². The number of aromatic carboxylic acids is 1. The molecule has 1 saturated heterocycles. The van der Waals surface area contributed by atoms with E-state index in [1.165, 1.54) is 28.7 Å². The third-order valence-corrected chi connectivity index (χ3v) is 6.96. The molecular formula is C28H24ClF2N5O4.